The first kappa shape index (κ1) is 25.2. The van der Waals surface area contributed by atoms with E-state index in [4.69, 9.17) is 27.0 Å². The third-order valence-corrected chi connectivity index (χ3v) is 6.81. The second-order valence-electron chi connectivity index (χ2n) is 9.80. The van der Waals surface area contributed by atoms with Crippen molar-refractivity contribution in [2.45, 2.75) is 37.6 Å². The highest BCUT2D eigenvalue weighted by Crippen LogP contribution is 2.35. The molecule has 0 spiro atoms. The summed E-state index contributed by atoms with van der Waals surface area (Å²) in [5, 5.41) is 1.60. The van der Waals surface area contributed by atoms with Gasteiger partial charge in [-0.2, -0.15) is 0 Å². The van der Waals surface area contributed by atoms with Crippen molar-refractivity contribution in [3.8, 4) is 0 Å². The molecule has 5 rings (SSSR count). The molecular formula is C25H39N9O. The largest absolute Gasteiger partial charge is 0.396 e. The Balaban J connectivity index is 0.000000514. The van der Waals surface area contributed by atoms with Crippen molar-refractivity contribution < 1.29 is 4.74 Å². The van der Waals surface area contributed by atoms with Gasteiger partial charge in [0.15, 0.2) is 0 Å². The third-order valence-electron chi connectivity index (χ3n) is 6.81. The summed E-state index contributed by atoms with van der Waals surface area (Å²) in [6.45, 7) is 3.99. The highest BCUT2D eigenvalue weighted by molar-refractivity contribution is 5.59. The summed E-state index contributed by atoms with van der Waals surface area (Å²) in [5.74, 6) is 8.09. The number of anilines is 2. The van der Waals surface area contributed by atoms with Crippen LogP contribution in [0.3, 0.4) is 0 Å². The Morgan fingerprint density at radius 2 is 1.89 bits per heavy atom. The molecular weight excluding hydrogens is 442 g/mol. The molecule has 2 aliphatic heterocycles. The van der Waals surface area contributed by atoms with Gasteiger partial charge in [0.1, 0.15) is 17.1 Å². The molecule has 0 atom stereocenters. The lowest BCUT2D eigenvalue weighted by Crippen LogP contribution is -2.60. The van der Waals surface area contributed by atoms with E-state index >= 15 is 0 Å². The number of nitrogens with two attached hydrogens (primary N) is 3. The molecule has 2 aromatic rings. The molecule has 0 bridgehead atoms. The van der Waals surface area contributed by atoms with Crippen LogP contribution in [0.2, 0.25) is 0 Å². The quantitative estimate of drug-likeness (QED) is 0.395. The Bertz CT molecular complexity index is 981. The Morgan fingerprint density at radius 3 is 2.40 bits per heavy atom. The Hall–Kier alpha value is -2.95. The maximum Gasteiger partial charge on any atom is 0.147 e. The van der Waals surface area contributed by atoms with Crippen LogP contribution in [0.15, 0.2) is 36.9 Å². The van der Waals surface area contributed by atoms with Gasteiger partial charge in [-0.25, -0.2) is 10.8 Å². The van der Waals surface area contributed by atoms with Crippen molar-refractivity contribution in [2.75, 3.05) is 56.7 Å². The van der Waals surface area contributed by atoms with Gasteiger partial charge in [-0.05, 0) is 56.7 Å². The molecule has 0 unspecified atom stereocenters. The van der Waals surface area contributed by atoms with Gasteiger partial charge in [0.2, 0.25) is 0 Å². The number of piperidine rings is 1. The fourth-order valence-electron chi connectivity index (χ4n) is 4.13. The molecule has 3 aliphatic rings. The SMILES string of the molecule is CN(C)c1cncc(/C(N)=C/N(N)C2(c3ccc(N4CCCCC4)cn3)COC2)n1.NCC1CC1. The molecule has 1 saturated carbocycles. The van der Waals surface area contributed by atoms with Crippen molar-refractivity contribution in [3.05, 3.63) is 48.3 Å². The molecule has 4 heterocycles. The minimum atomic E-state index is -0.544. The van der Waals surface area contributed by atoms with Crippen LogP contribution in [0.5, 0.6) is 0 Å². The summed E-state index contributed by atoms with van der Waals surface area (Å²) in [7, 11) is 3.81. The lowest BCUT2D eigenvalue weighted by atomic mass is 9.91. The number of pyridine rings is 1. The predicted octanol–water partition coefficient (Wildman–Crippen LogP) is 1.64. The number of ether oxygens (including phenoxy) is 1. The summed E-state index contributed by atoms with van der Waals surface area (Å²) < 4.78 is 5.52. The van der Waals surface area contributed by atoms with E-state index in [0.717, 1.165) is 42.8 Å². The van der Waals surface area contributed by atoms with E-state index in [9.17, 15) is 0 Å². The molecule has 10 heteroatoms. The monoisotopic (exact) mass is 481 g/mol. The topological polar surface area (TPSA) is 136 Å². The number of rotatable bonds is 7. The summed E-state index contributed by atoms with van der Waals surface area (Å²) in [4.78, 5) is 17.7. The van der Waals surface area contributed by atoms with Gasteiger partial charge in [-0.15, -0.1) is 0 Å². The maximum atomic E-state index is 6.45. The van der Waals surface area contributed by atoms with Gasteiger partial charge in [-0.1, -0.05) is 0 Å². The van der Waals surface area contributed by atoms with Crippen molar-refractivity contribution in [3.63, 3.8) is 0 Å². The molecule has 0 radical (unpaired) electrons. The Labute approximate surface area is 208 Å². The predicted molar refractivity (Wildman–Crippen MR) is 139 cm³/mol. The Morgan fingerprint density at radius 1 is 1.14 bits per heavy atom. The normalized spacial score (nSPS) is 19.3. The fraction of sp³-hybridized carbons (Fsp3) is 0.560. The molecule has 0 aromatic carbocycles. The molecule has 0 amide bonds. The van der Waals surface area contributed by atoms with Crippen molar-refractivity contribution in [1.82, 2.24) is 20.0 Å². The van der Waals surface area contributed by atoms with E-state index in [-0.39, 0.29) is 0 Å². The molecule has 190 valence electrons. The van der Waals surface area contributed by atoms with Crippen LogP contribution in [0.4, 0.5) is 11.5 Å². The van der Waals surface area contributed by atoms with Crippen LogP contribution in [0, 0.1) is 5.92 Å². The van der Waals surface area contributed by atoms with Gasteiger partial charge in [0.25, 0.3) is 0 Å². The van der Waals surface area contributed by atoms with Crippen LogP contribution in [-0.2, 0) is 10.3 Å². The number of hydrogen-bond donors (Lipinski definition) is 3. The van der Waals surface area contributed by atoms with Crippen LogP contribution in [-0.4, -0.2) is 66.9 Å². The van der Waals surface area contributed by atoms with Crippen LogP contribution < -0.4 is 27.1 Å². The molecule has 35 heavy (non-hydrogen) atoms. The molecule has 10 nitrogen and oxygen atoms in total. The highest BCUT2D eigenvalue weighted by atomic mass is 16.5. The lowest BCUT2D eigenvalue weighted by molar-refractivity contribution is -0.133. The van der Waals surface area contributed by atoms with E-state index in [2.05, 4.69) is 20.9 Å². The molecule has 6 N–H and O–H groups in total. The second-order valence-corrected chi connectivity index (χ2v) is 9.80. The fourth-order valence-corrected chi connectivity index (χ4v) is 4.13. The molecule has 1 aliphatic carbocycles. The standard InChI is InChI=1S/C21H30N8O.C4H9N/c1-27(2)20-12-24-11-18(26-20)17(22)13-29(23)21(14-30-15-21)19-7-6-16(10-25-19)28-8-4-3-5-9-28;5-3-4-1-2-4/h6-7,10-13H,3-5,8-9,14-15,22-23H2,1-2H3;4H,1-3,5H2/b17-13-;. The highest BCUT2D eigenvalue weighted by Gasteiger charge is 2.45. The van der Waals surface area contributed by atoms with Crippen LogP contribution in [0.25, 0.3) is 5.70 Å². The van der Waals surface area contributed by atoms with Gasteiger partial charge < -0.3 is 26.0 Å². The van der Waals surface area contributed by atoms with E-state index in [0.29, 0.717) is 24.6 Å². The second kappa shape index (κ2) is 11.2. The number of hydrogen-bond acceptors (Lipinski definition) is 10. The summed E-state index contributed by atoms with van der Waals surface area (Å²) in [5.41, 5.74) is 14.0. The number of nitrogens with zero attached hydrogens (tertiary/aromatic N) is 6. The molecule has 2 aromatic heterocycles. The van der Waals surface area contributed by atoms with Crippen molar-refractivity contribution in [1.29, 1.82) is 0 Å². The number of hydrazine groups is 1. The first-order valence-electron chi connectivity index (χ1n) is 12.4. The van der Waals surface area contributed by atoms with E-state index in [1.165, 1.54) is 32.1 Å². The average Bonchev–Trinajstić information content (AvgIpc) is 3.70. The zero-order valence-corrected chi connectivity index (χ0v) is 20.9. The maximum absolute atomic E-state index is 6.45. The minimum Gasteiger partial charge on any atom is -0.396 e. The summed E-state index contributed by atoms with van der Waals surface area (Å²) in [6, 6.07) is 4.17. The molecule has 3 fully saturated rings. The average molecular weight is 482 g/mol. The summed E-state index contributed by atoms with van der Waals surface area (Å²) in [6.07, 6.45) is 13.5. The van der Waals surface area contributed by atoms with Crippen molar-refractivity contribution in [2.24, 2.45) is 23.2 Å². The minimum absolute atomic E-state index is 0.435. The first-order valence-corrected chi connectivity index (χ1v) is 12.4. The number of aromatic nitrogens is 3. The zero-order chi connectivity index (χ0) is 24.8. The van der Waals surface area contributed by atoms with Crippen LogP contribution >= 0.6 is 0 Å². The van der Waals surface area contributed by atoms with Gasteiger partial charge >= 0.3 is 0 Å². The van der Waals surface area contributed by atoms with Crippen LogP contribution in [0.1, 0.15) is 43.5 Å². The zero-order valence-electron chi connectivity index (χ0n) is 20.9. The third kappa shape index (κ3) is 6.01. The molecule has 2 saturated heterocycles. The van der Waals surface area contributed by atoms with Gasteiger partial charge in [0.05, 0.1) is 48.9 Å². The summed E-state index contributed by atoms with van der Waals surface area (Å²) >= 11 is 0. The van der Waals surface area contributed by atoms with E-state index < -0.39 is 5.54 Å². The first-order chi connectivity index (χ1) is 16.9. The Kier molecular flexibility index (Phi) is 8.04. The van der Waals surface area contributed by atoms with Gasteiger partial charge in [0, 0.05) is 33.4 Å². The van der Waals surface area contributed by atoms with Crippen molar-refractivity contribution >= 4 is 17.2 Å². The lowest BCUT2D eigenvalue weighted by Gasteiger charge is -2.46. The smallest absolute Gasteiger partial charge is 0.147 e. The van der Waals surface area contributed by atoms with E-state index in [1.807, 2.05) is 31.3 Å². The van der Waals surface area contributed by atoms with E-state index in [1.54, 1.807) is 23.6 Å². The van der Waals surface area contributed by atoms with Gasteiger partial charge in [-0.3, -0.25) is 15.0 Å².